The number of hydrazone groups is 1. The lowest BCUT2D eigenvalue weighted by Crippen LogP contribution is -2.33. The number of pyridine rings is 1. The van der Waals surface area contributed by atoms with Crippen molar-refractivity contribution in [1.82, 2.24) is 20.2 Å². The van der Waals surface area contributed by atoms with Gasteiger partial charge < -0.3 is 4.74 Å². The summed E-state index contributed by atoms with van der Waals surface area (Å²) in [5.74, 6) is -0.237. The van der Waals surface area contributed by atoms with E-state index >= 15 is 0 Å². The van der Waals surface area contributed by atoms with Crippen LogP contribution in [0.5, 0.6) is 5.75 Å². The lowest BCUT2D eigenvalue weighted by Gasteiger charge is -2.14. The van der Waals surface area contributed by atoms with Crippen LogP contribution in [-0.4, -0.2) is 33.0 Å². The van der Waals surface area contributed by atoms with Crippen LogP contribution in [0.2, 0.25) is 0 Å². The molecule has 1 N–H and O–H groups in total. The molecule has 0 bridgehead atoms. The van der Waals surface area contributed by atoms with Gasteiger partial charge in [0.05, 0.1) is 11.9 Å². The summed E-state index contributed by atoms with van der Waals surface area (Å²) in [6.45, 7) is 1.64. The number of rotatable bonds is 7. The van der Waals surface area contributed by atoms with Crippen LogP contribution in [0.4, 0.5) is 4.39 Å². The zero-order chi connectivity index (χ0) is 24.9. The second-order valence-electron chi connectivity index (χ2n) is 8.05. The van der Waals surface area contributed by atoms with Crippen molar-refractivity contribution in [3.05, 3.63) is 109 Å². The molecular formula is C28H22FN5O2. The molecule has 2 heterocycles. The number of halogens is 1. The molecular weight excluding hydrogens is 457 g/mol. The van der Waals surface area contributed by atoms with Crippen LogP contribution < -0.4 is 10.2 Å². The molecule has 0 fully saturated rings. The van der Waals surface area contributed by atoms with Crippen LogP contribution in [0.1, 0.15) is 12.5 Å². The van der Waals surface area contributed by atoms with Crippen molar-refractivity contribution in [2.45, 2.75) is 13.0 Å². The number of nitrogens with zero attached hydrogens (tertiary/aromatic N) is 4. The van der Waals surface area contributed by atoms with Crippen LogP contribution in [0.25, 0.3) is 27.8 Å². The summed E-state index contributed by atoms with van der Waals surface area (Å²) in [5.41, 5.74) is 6.03. The van der Waals surface area contributed by atoms with Gasteiger partial charge in [-0.05, 0) is 55.5 Å². The lowest BCUT2D eigenvalue weighted by molar-refractivity contribution is -0.127. The average Bonchev–Trinajstić information content (AvgIpc) is 3.34. The van der Waals surface area contributed by atoms with Gasteiger partial charge in [-0.15, -0.1) is 0 Å². The molecule has 1 amide bonds. The van der Waals surface area contributed by atoms with E-state index in [0.29, 0.717) is 22.5 Å². The molecule has 36 heavy (non-hydrogen) atoms. The Labute approximate surface area is 206 Å². The summed E-state index contributed by atoms with van der Waals surface area (Å²) < 4.78 is 21.0. The van der Waals surface area contributed by atoms with E-state index in [9.17, 15) is 9.18 Å². The third kappa shape index (κ3) is 4.97. The maximum Gasteiger partial charge on any atom is 0.280 e. The molecule has 7 nitrogen and oxygen atoms in total. The quantitative estimate of drug-likeness (QED) is 0.259. The standard InChI is InChI=1S/C28H22FN5O2/c1-19(36-25-11-5-7-20-8-6-16-30-27(20)25)28(35)32-31-17-22-18-34(24-9-3-2-4-10-24)33-26(22)21-12-14-23(29)15-13-21/h2-19H,1H3,(H,32,35)/b31-17+. The third-order valence-corrected chi connectivity index (χ3v) is 5.53. The van der Waals surface area contributed by atoms with E-state index in [2.05, 4.69) is 20.6 Å². The molecule has 0 aliphatic carbocycles. The van der Waals surface area contributed by atoms with Crippen molar-refractivity contribution in [2.75, 3.05) is 0 Å². The van der Waals surface area contributed by atoms with E-state index < -0.39 is 12.0 Å². The predicted molar refractivity (Wildman–Crippen MR) is 137 cm³/mol. The Morgan fingerprint density at radius 3 is 2.61 bits per heavy atom. The van der Waals surface area contributed by atoms with Crippen molar-refractivity contribution in [1.29, 1.82) is 0 Å². The summed E-state index contributed by atoms with van der Waals surface area (Å²) in [5, 5.41) is 9.71. The van der Waals surface area contributed by atoms with Crippen molar-refractivity contribution in [3.8, 4) is 22.7 Å². The Bertz CT molecular complexity index is 1530. The zero-order valence-electron chi connectivity index (χ0n) is 19.4. The number of fused-ring (bicyclic) bond motifs is 1. The molecule has 0 aliphatic heterocycles. The number of nitrogens with one attached hydrogen (secondary N) is 1. The zero-order valence-corrected chi connectivity index (χ0v) is 19.4. The van der Waals surface area contributed by atoms with Gasteiger partial charge in [0, 0.05) is 28.9 Å². The van der Waals surface area contributed by atoms with Crippen LogP contribution >= 0.6 is 0 Å². The molecule has 2 aromatic heterocycles. The highest BCUT2D eigenvalue weighted by atomic mass is 19.1. The van der Waals surface area contributed by atoms with Crippen molar-refractivity contribution in [3.63, 3.8) is 0 Å². The van der Waals surface area contributed by atoms with Crippen LogP contribution in [-0.2, 0) is 4.79 Å². The van der Waals surface area contributed by atoms with E-state index in [1.807, 2.05) is 54.6 Å². The van der Waals surface area contributed by atoms with Gasteiger partial charge in [-0.25, -0.2) is 14.5 Å². The summed E-state index contributed by atoms with van der Waals surface area (Å²) in [6, 6.07) is 25.0. The summed E-state index contributed by atoms with van der Waals surface area (Å²) in [6.07, 6.45) is 4.18. The van der Waals surface area contributed by atoms with Gasteiger partial charge in [-0.3, -0.25) is 9.78 Å². The molecule has 178 valence electrons. The number of para-hydroxylation sites is 2. The molecule has 0 radical (unpaired) electrons. The Kier molecular flexibility index (Phi) is 6.48. The fourth-order valence-electron chi connectivity index (χ4n) is 3.70. The van der Waals surface area contributed by atoms with Gasteiger partial charge in [0.25, 0.3) is 5.91 Å². The SMILES string of the molecule is CC(Oc1cccc2cccnc12)C(=O)N/N=C/c1cn(-c2ccccc2)nc1-c1ccc(F)cc1. The molecule has 1 atom stereocenters. The number of hydrogen-bond acceptors (Lipinski definition) is 5. The van der Waals surface area contributed by atoms with Crippen molar-refractivity contribution < 1.29 is 13.9 Å². The number of benzene rings is 3. The Hall–Kier alpha value is -4.85. The largest absolute Gasteiger partial charge is 0.479 e. The number of carbonyl (C=O) groups excluding carboxylic acids is 1. The lowest BCUT2D eigenvalue weighted by atomic mass is 10.1. The van der Waals surface area contributed by atoms with Crippen LogP contribution in [0, 0.1) is 5.82 Å². The normalized spacial score (nSPS) is 12.1. The molecule has 0 saturated heterocycles. The topological polar surface area (TPSA) is 81.4 Å². The number of carbonyl (C=O) groups is 1. The maximum absolute atomic E-state index is 13.5. The predicted octanol–water partition coefficient (Wildman–Crippen LogP) is 5.14. The monoisotopic (exact) mass is 479 g/mol. The molecule has 5 aromatic rings. The first-order valence-corrected chi connectivity index (χ1v) is 11.3. The maximum atomic E-state index is 13.5. The molecule has 1 unspecified atom stereocenters. The fourth-order valence-corrected chi connectivity index (χ4v) is 3.70. The van der Waals surface area contributed by atoms with Crippen molar-refractivity contribution >= 4 is 23.0 Å². The molecule has 8 heteroatoms. The van der Waals surface area contributed by atoms with Gasteiger partial charge in [0.1, 0.15) is 22.8 Å². The molecule has 0 aliphatic rings. The van der Waals surface area contributed by atoms with E-state index in [4.69, 9.17) is 4.74 Å². The van der Waals surface area contributed by atoms with Crippen molar-refractivity contribution in [2.24, 2.45) is 5.10 Å². The van der Waals surface area contributed by atoms with E-state index in [1.165, 1.54) is 18.3 Å². The second-order valence-corrected chi connectivity index (χ2v) is 8.05. The average molecular weight is 480 g/mol. The summed E-state index contributed by atoms with van der Waals surface area (Å²) in [7, 11) is 0. The van der Waals surface area contributed by atoms with E-state index in [1.54, 1.807) is 42.2 Å². The number of amides is 1. The molecule has 5 rings (SSSR count). The minimum Gasteiger partial charge on any atom is -0.479 e. The minimum absolute atomic E-state index is 0.334. The molecule has 0 spiro atoms. The number of hydrogen-bond donors (Lipinski definition) is 1. The summed E-state index contributed by atoms with van der Waals surface area (Å²) >= 11 is 0. The third-order valence-electron chi connectivity index (χ3n) is 5.53. The second kappa shape index (κ2) is 10.2. The minimum atomic E-state index is -0.807. The van der Waals surface area contributed by atoms with Gasteiger partial charge in [-0.2, -0.15) is 10.2 Å². The Morgan fingerprint density at radius 1 is 1.03 bits per heavy atom. The fraction of sp³-hybridized carbons (Fsp3) is 0.0714. The molecule has 0 saturated carbocycles. The number of ether oxygens (including phenoxy) is 1. The highest BCUT2D eigenvalue weighted by Crippen LogP contribution is 2.25. The van der Waals surface area contributed by atoms with E-state index in [0.717, 1.165) is 16.6 Å². The smallest absolute Gasteiger partial charge is 0.280 e. The van der Waals surface area contributed by atoms with Gasteiger partial charge in [0.15, 0.2) is 6.10 Å². The van der Waals surface area contributed by atoms with Crippen LogP contribution in [0.15, 0.2) is 102 Å². The highest BCUT2D eigenvalue weighted by molar-refractivity contribution is 5.90. The molecule has 3 aromatic carbocycles. The van der Waals surface area contributed by atoms with Gasteiger partial charge in [0.2, 0.25) is 0 Å². The number of aromatic nitrogens is 3. The summed E-state index contributed by atoms with van der Waals surface area (Å²) in [4.78, 5) is 17.0. The first-order chi connectivity index (χ1) is 17.6. The van der Waals surface area contributed by atoms with Crippen LogP contribution in [0.3, 0.4) is 0 Å². The Balaban J connectivity index is 1.34. The highest BCUT2D eigenvalue weighted by Gasteiger charge is 2.16. The van der Waals surface area contributed by atoms with Gasteiger partial charge in [-0.1, -0.05) is 36.4 Å². The van der Waals surface area contributed by atoms with Gasteiger partial charge >= 0.3 is 0 Å². The first-order valence-electron chi connectivity index (χ1n) is 11.3. The Morgan fingerprint density at radius 2 is 1.81 bits per heavy atom. The van der Waals surface area contributed by atoms with E-state index in [-0.39, 0.29) is 5.82 Å². The first kappa shape index (κ1) is 22.9.